The van der Waals surface area contributed by atoms with Crippen molar-refractivity contribution in [3.05, 3.63) is 72.1 Å². The summed E-state index contributed by atoms with van der Waals surface area (Å²) in [6, 6.07) is 13.9. The van der Waals surface area contributed by atoms with E-state index in [1.807, 2.05) is 6.07 Å². The molecule has 1 saturated heterocycles. The van der Waals surface area contributed by atoms with E-state index in [2.05, 4.69) is 56.3 Å². The van der Waals surface area contributed by atoms with Crippen molar-refractivity contribution in [3.63, 3.8) is 0 Å². The maximum absolute atomic E-state index is 12.4. The van der Waals surface area contributed by atoms with Crippen molar-refractivity contribution in [2.24, 2.45) is 0 Å². The number of nitrogens with one attached hydrogen (secondary N) is 1. The lowest BCUT2D eigenvalue weighted by Crippen LogP contribution is -2.47. The first-order chi connectivity index (χ1) is 13.7. The van der Waals surface area contributed by atoms with Crippen LogP contribution in [0.1, 0.15) is 21.8 Å². The predicted octanol–water partition coefficient (Wildman–Crippen LogP) is 2.63. The number of carbonyl (C=O) groups excluding carboxylic acids is 1. The Kier molecular flexibility index (Phi) is 5.23. The second kappa shape index (κ2) is 8.12. The summed E-state index contributed by atoms with van der Waals surface area (Å²) in [6.45, 7) is 5.96. The van der Waals surface area contributed by atoms with Gasteiger partial charge in [-0.25, -0.2) is 9.97 Å². The molecule has 1 amide bonds. The fraction of sp³-hybridized carbons (Fsp3) is 0.286. The van der Waals surface area contributed by atoms with Crippen molar-refractivity contribution in [1.29, 1.82) is 0 Å². The van der Waals surface area contributed by atoms with Gasteiger partial charge in [-0.1, -0.05) is 12.1 Å². The molecule has 3 heterocycles. The minimum absolute atomic E-state index is 0.238. The van der Waals surface area contributed by atoms with E-state index in [0.717, 1.165) is 32.0 Å². The smallest absolute Gasteiger partial charge is 0.270 e. The number of aromatic nitrogens is 2. The SMILES string of the molecule is Cc1cccc(N2CCN(c3cc(C(=O)NCc4ccco4)ncn3)CC2)c1. The Balaban J connectivity index is 1.37. The maximum atomic E-state index is 12.4. The Morgan fingerprint density at radius 2 is 1.89 bits per heavy atom. The molecule has 28 heavy (non-hydrogen) atoms. The van der Waals surface area contributed by atoms with Crippen molar-refractivity contribution in [2.45, 2.75) is 13.5 Å². The van der Waals surface area contributed by atoms with Gasteiger partial charge >= 0.3 is 0 Å². The normalized spacial score (nSPS) is 14.2. The van der Waals surface area contributed by atoms with E-state index < -0.39 is 0 Å². The molecule has 1 aromatic carbocycles. The summed E-state index contributed by atoms with van der Waals surface area (Å²) < 4.78 is 5.23. The van der Waals surface area contributed by atoms with Gasteiger partial charge in [0.25, 0.3) is 5.91 Å². The third-order valence-corrected chi connectivity index (χ3v) is 4.86. The number of aryl methyl sites for hydroxylation is 1. The van der Waals surface area contributed by atoms with Gasteiger partial charge in [0.1, 0.15) is 23.6 Å². The van der Waals surface area contributed by atoms with E-state index in [1.165, 1.54) is 17.6 Å². The molecule has 0 atom stereocenters. The summed E-state index contributed by atoms with van der Waals surface area (Å²) in [5.41, 5.74) is 2.87. The number of piperazine rings is 1. The second-order valence-corrected chi connectivity index (χ2v) is 6.84. The number of rotatable bonds is 5. The topological polar surface area (TPSA) is 74.5 Å². The minimum atomic E-state index is -0.238. The minimum Gasteiger partial charge on any atom is -0.467 e. The van der Waals surface area contributed by atoms with Crippen LogP contribution in [-0.4, -0.2) is 42.1 Å². The molecular formula is C21H23N5O2. The Morgan fingerprint density at radius 1 is 1.07 bits per heavy atom. The molecule has 0 spiro atoms. The molecule has 0 radical (unpaired) electrons. The Morgan fingerprint density at radius 3 is 2.64 bits per heavy atom. The maximum Gasteiger partial charge on any atom is 0.270 e. The third kappa shape index (κ3) is 4.14. The van der Waals surface area contributed by atoms with E-state index in [-0.39, 0.29) is 5.91 Å². The van der Waals surface area contributed by atoms with Gasteiger partial charge in [0.2, 0.25) is 0 Å². The Hall–Kier alpha value is -3.35. The molecule has 0 saturated carbocycles. The van der Waals surface area contributed by atoms with Crippen LogP contribution in [0.25, 0.3) is 0 Å². The summed E-state index contributed by atoms with van der Waals surface area (Å²) in [5, 5.41) is 2.82. The Bertz CT molecular complexity index is 933. The van der Waals surface area contributed by atoms with Gasteiger partial charge in [0.05, 0.1) is 12.8 Å². The van der Waals surface area contributed by atoms with Crippen LogP contribution in [0.4, 0.5) is 11.5 Å². The van der Waals surface area contributed by atoms with Gasteiger partial charge < -0.3 is 19.5 Å². The van der Waals surface area contributed by atoms with Gasteiger partial charge in [0, 0.05) is 37.9 Å². The fourth-order valence-electron chi connectivity index (χ4n) is 3.33. The van der Waals surface area contributed by atoms with Crippen LogP contribution in [0, 0.1) is 6.92 Å². The first-order valence-electron chi connectivity index (χ1n) is 9.38. The quantitative estimate of drug-likeness (QED) is 0.737. The summed E-state index contributed by atoms with van der Waals surface area (Å²) in [4.78, 5) is 25.4. The van der Waals surface area contributed by atoms with Crippen LogP contribution >= 0.6 is 0 Å². The fourth-order valence-corrected chi connectivity index (χ4v) is 3.33. The van der Waals surface area contributed by atoms with Gasteiger partial charge in [-0.3, -0.25) is 4.79 Å². The summed E-state index contributed by atoms with van der Waals surface area (Å²) >= 11 is 0. The van der Waals surface area contributed by atoms with Crippen molar-refractivity contribution in [1.82, 2.24) is 15.3 Å². The van der Waals surface area contributed by atoms with Crippen LogP contribution in [0.5, 0.6) is 0 Å². The number of anilines is 2. The molecule has 1 aliphatic rings. The summed E-state index contributed by atoms with van der Waals surface area (Å²) in [7, 11) is 0. The van der Waals surface area contributed by atoms with Crippen molar-refractivity contribution < 1.29 is 9.21 Å². The second-order valence-electron chi connectivity index (χ2n) is 6.84. The molecule has 0 bridgehead atoms. The van der Waals surface area contributed by atoms with Crippen LogP contribution in [-0.2, 0) is 6.54 Å². The lowest BCUT2D eigenvalue weighted by atomic mass is 10.2. The van der Waals surface area contributed by atoms with E-state index in [1.54, 1.807) is 18.4 Å². The van der Waals surface area contributed by atoms with Crippen molar-refractivity contribution >= 4 is 17.4 Å². The molecule has 0 unspecified atom stereocenters. The lowest BCUT2D eigenvalue weighted by Gasteiger charge is -2.36. The highest BCUT2D eigenvalue weighted by atomic mass is 16.3. The highest BCUT2D eigenvalue weighted by Gasteiger charge is 2.20. The molecule has 2 aromatic heterocycles. The van der Waals surface area contributed by atoms with Crippen LogP contribution in [0.2, 0.25) is 0 Å². The zero-order chi connectivity index (χ0) is 19.3. The number of hydrogen-bond donors (Lipinski definition) is 1. The summed E-state index contributed by atoms with van der Waals surface area (Å²) in [5.74, 6) is 1.25. The molecule has 0 aliphatic carbocycles. The number of amides is 1. The van der Waals surface area contributed by atoms with Gasteiger partial charge in [-0.15, -0.1) is 0 Å². The van der Waals surface area contributed by atoms with E-state index in [9.17, 15) is 4.79 Å². The molecule has 3 aromatic rings. The number of carbonyl (C=O) groups is 1. The monoisotopic (exact) mass is 377 g/mol. The van der Waals surface area contributed by atoms with Crippen molar-refractivity contribution in [3.8, 4) is 0 Å². The lowest BCUT2D eigenvalue weighted by molar-refractivity contribution is 0.0943. The predicted molar refractivity (Wildman–Crippen MR) is 108 cm³/mol. The number of nitrogens with zero attached hydrogens (tertiary/aromatic N) is 4. The molecule has 1 N–H and O–H groups in total. The average molecular weight is 377 g/mol. The number of hydrogen-bond acceptors (Lipinski definition) is 6. The molecule has 144 valence electrons. The highest BCUT2D eigenvalue weighted by Crippen LogP contribution is 2.20. The zero-order valence-corrected chi connectivity index (χ0v) is 15.8. The van der Waals surface area contributed by atoms with E-state index >= 15 is 0 Å². The van der Waals surface area contributed by atoms with Crippen molar-refractivity contribution in [2.75, 3.05) is 36.0 Å². The zero-order valence-electron chi connectivity index (χ0n) is 15.8. The molecule has 1 fully saturated rings. The van der Waals surface area contributed by atoms with Crippen LogP contribution in [0.3, 0.4) is 0 Å². The molecule has 4 rings (SSSR count). The first-order valence-corrected chi connectivity index (χ1v) is 9.38. The first kappa shape index (κ1) is 18.0. The van der Waals surface area contributed by atoms with Gasteiger partial charge in [-0.2, -0.15) is 0 Å². The van der Waals surface area contributed by atoms with E-state index in [4.69, 9.17) is 4.42 Å². The van der Waals surface area contributed by atoms with Gasteiger partial charge in [0.15, 0.2) is 0 Å². The van der Waals surface area contributed by atoms with Crippen LogP contribution < -0.4 is 15.1 Å². The summed E-state index contributed by atoms with van der Waals surface area (Å²) in [6.07, 6.45) is 3.03. The molecule has 7 nitrogen and oxygen atoms in total. The molecule has 7 heteroatoms. The highest BCUT2D eigenvalue weighted by molar-refractivity contribution is 5.92. The largest absolute Gasteiger partial charge is 0.467 e. The number of furan rings is 1. The van der Waals surface area contributed by atoms with Crippen LogP contribution in [0.15, 0.2) is 59.5 Å². The molecule has 1 aliphatic heterocycles. The van der Waals surface area contributed by atoms with E-state index in [0.29, 0.717) is 18.0 Å². The standard InChI is InChI=1S/C21H23N5O2/c1-16-4-2-5-17(12-16)25-7-9-26(10-8-25)20-13-19(23-15-24-20)21(27)22-14-18-6-3-11-28-18/h2-6,11-13,15H,7-10,14H2,1H3,(H,22,27). The third-order valence-electron chi connectivity index (χ3n) is 4.86. The Labute approximate surface area is 164 Å². The average Bonchev–Trinajstić information content (AvgIpc) is 3.26. The van der Waals surface area contributed by atoms with Gasteiger partial charge in [-0.05, 0) is 36.8 Å². The number of benzene rings is 1. The molecular weight excluding hydrogens is 354 g/mol.